The molecular formula is C18H16N4S. The summed E-state index contributed by atoms with van der Waals surface area (Å²) in [6.07, 6.45) is 6.62. The van der Waals surface area contributed by atoms with Crippen molar-refractivity contribution in [2.75, 3.05) is 5.32 Å². The first-order valence-electron chi connectivity index (χ1n) is 7.51. The second kappa shape index (κ2) is 6.22. The van der Waals surface area contributed by atoms with Crippen molar-refractivity contribution in [1.29, 1.82) is 0 Å². The molecule has 0 spiro atoms. The summed E-state index contributed by atoms with van der Waals surface area (Å²) in [5.74, 6) is 0.905. The third-order valence-corrected chi connectivity index (χ3v) is 4.66. The lowest BCUT2D eigenvalue weighted by Gasteiger charge is -2.05. The van der Waals surface area contributed by atoms with Crippen LogP contribution in [0.25, 0.3) is 11.0 Å². The first-order chi connectivity index (χ1) is 11.4. The van der Waals surface area contributed by atoms with Crippen molar-refractivity contribution in [2.24, 2.45) is 0 Å². The van der Waals surface area contributed by atoms with Crippen molar-refractivity contribution in [1.82, 2.24) is 15.0 Å². The average molecular weight is 320 g/mol. The van der Waals surface area contributed by atoms with Gasteiger partial charge in [0.05, 0.1) is 6.54 Å². The molecule has 4 nitrogen and oxygen atoms in total. The Morgan fingerprint density at radius 2 is 2.09 bits per heavy atom. The smallest absolute Gasteiger partial charge is 0.137 e. The molecule has 0 aliphatic heterocycles. The number of hydrogen-bond acceptors (Lipinski definition) is 4. The van der Waals surface area contributed by atoms with Gasteiger partial charge in [-0.2, -0.15) is 0 Å². The third kappa shape index (κ3) is 3.10. The van der Waals surface area contributed by atoms with Crippen LogP contribution in [-0.4, -0.2) is 15.0 Å². The molecule has 114 valence electrons. The molecule has 4 aromatic rings. The van der Waals surface area contributed by atoms with Gasteiger partial charge < -0.3 is 10.3 Å². The molecule has 0 radical (unpaired) electrons. The first kappa shape index (κ1) is 14.0. The van der Waals surface area contributed by atoms with Crippen LogP contribution in [0.15, 0.2) is 60.4 Å². The van der Waals surface area contributed by atoms with Gasteiger partial charge in [-0.25, -0.2) is 9.97 Å². The number of rotatable bonds is 5. The minimum atomic E-state index is 0.818. The largest absolute Gasteiger partial charge is 0.365 e. The van der Waals surface area contributed by atoms with Crippen LogP contribution >= 0.6 is 11.3 Å². The topological polar surface area (TPSA) is 53.6 Å². The minimum Gasteiger partial charge on any atom is -0.365 e. The lowest BCUT2D eigenvalue weighted by atomic mass is 10.1. The van der Waals surface area contributed by atoms with Gasteiger partial charge in [0.1, 0.15) is 11.5 Å². The fourth-order valence-electron chi connectivity index (χ4n) is 2.60. The van der Waals surface area contributed by atoms with Gasteiger partial charge >= 0.3 is 0 Å². The van der Waals surface area contributed by atoms with Crippen LogP contribution in [0.5, 0.6) is 0 Å². The van der Waals surface area contributed by atoms with Crippen molar-refractivity contribution in [3.63, 3.8) is 0 Å². The zero-order valence-electron chi connectivity index (χ0n) is 12.5. The van der Waals surface area contributed by atoms with E-state index in [2.05, 4.69) is 49.9 Å². The lowest BCUT2D eigenvalue weighted by molar-refractivity contribution is 1.11. The van der Waals surface area contributed by atoms with Gasteiger partial charge in [-0.15, -0.1) is 11.3 Å². The lowest BCUT2D eigenvalue weighted by Crippen LogP contribution is -2.00. The molecule has 23 heavy (non-hydrogen) atoms. The van der Waals surface area contributed by atoms with Crippen molar-refractivity contribution < 1.29 is 0 Å². The summed E-state index contributed by atoms with van der Waals surface area (Å²) >= 11 is 1.75. The molecule has 0 fully saturated rings. The Morgan fingerprint density at radius 3 is 2.91 bits per heavy atom. The molecule has 4 rings (SSSR count). The van der Waals surface area contributed by atoms with Crippen LogP contribution in [0, 0.1) is 0 Å². The molecule has 4 heterocycles. The van der Waals surface area contributed by atoms with E-state index in [-0.39, 0.29) is 0 Å². The number of aromatic amines is 1. The highest BCUT2D eigenvalue weighted by Gasteiger charge is 2.05. The minimum absolute atomic E-state index is 0.818. The summed E-state index contributed by atoms with van der Waals surface area (Å²) in [5.41, 5.74) is 3.37. The molecule has 0 aliphatic carbocycles. The van der Waals surface area contributed by atoms with Gasteiger partial charge in [0, 0.05) is 35.3 Å². The van der Waals surface area contributed by atoms with Gasteiger partial charge in [-0.3, -0.25) is 0 Å². The maximum atomic E-state index is 4.51. The number of thiophene rings is 1. The van der Waals surface area contributed by atoms with E-state index >= 15 is 0 Å². The van der Waals surface area contributed by atoms with Crippen LogP contribution in [0.3, 0.4) is 0 Å². The molecule has 0 atom stereocenters. The van der Waals surface area contributed by atoms with E-state index in [9.17, 15) is 0 Å². The summed E-state index contributed by atoms with van der Waals surface area (Å²) in [6.45, 7) is 0.818. The highest BCUT2D eigenvalue weighted by atomic mass is 32.1. The maximum absolute atomic E-state index is 4.51. The Kier molecular flexibility index (Phi) is 3.78. The molecule has 0 aliphatic rings. The van der Waals surface area contributed by atoms with E-state index in [4.69, 9.17) is 0 Å². The highest BCUT2D eigenvalue weighted by Crippen LogP contribution is 2.19. The zero-order chi connectivity index (χ0) is 15.5. The maximum Gasteiger partial charge on any atom is 0.137 e. The monoisotopic (exact) mass is 320 g/mol. The van der Waals surface area contributed by atoms with E-state index in [0.29, 0.717) is 0 Å². The normalized spacial score (nSPS) is 11.0. The van der Waals surface area contributed by atoms with Gasteiger partial charge in [-0.1, -0.05) is 12.1 Å². The van der Waals surface area contributed by atoms with Crippen LogP contribution in [0.4, 0.5) is 5.82 Å². The highest BCUT2D eigenvalue weighted by molar-refractivity contribution is 7.09. The number of aromatic nitrogens is 3. The number of nitrogens with zero attached hydrogens (tertiary/aromatic N) is 2. The molecule has 0 amide bonds. The number of fused-ring (bicyclic) bond motifs is 1. The van der Waals surface area contributed by atoms with Gasteiger partial charge in [0.2, 0.25) is 0 Å². The van der Waals surface area contributed by atoms with Crippen LogP contribution in [-0.2, 0) is 13.0 Å². The van der Waals surface area contributed by atoms with E-state index in [1.165, 1.54) is 21.4 Å². The molecule has 0 unspecified atom stereocenters. The van der Waals surface area contributed by atoms with E-state index in [1.54, 1.807) is 17.5 Å². The summed E-state index contributed by atoms with van der Waals surface area (Å²) in [7, 11) is 0. The first-order valence-corrected chi connectivity index (χ1v) is 8.38. The number of hydrogen-bond donors (Lipinski definition) is 2. The Bertz CT molecular complexity index is 894. The Hall–Kier alpha value is -2.66. The molecule has 0 saturated heterocycles. The van der Waals surface area contributed by atoms with Crippen LogP contribution in [0.2, 0.25) is 0 Å². The Labute approximate surface area is 138 Å². The average Bonchev–Trinajstić information content (AvgIpc) is 3.25. The summed E-state index contributed by atoms with van der Waals surface area (Å²) in [5, 5.41) is 6.61. The van der Waals surface area contributed by atoms with E-state index < -0.39 is 0 Å². The molecule has 0 aromatic carbocycles. The van der Waals surface area contributed by atoms with Gasteiger partial charge in [-0.05, 0) is 40.8 Å². The number of nitrogens with one attached hydrogen (secondary N) is 2. The SMILES string of the molecule is c1csc(CNc2ccc(Cc3c[nH]c4ncccc34)cn2)c1. The van der Waals surface area contributed by atoms with Crippen molar-refractivity contribution in [3.05, 3.63) is 76.4 Å². The van der Waals surface area contributed by atoms with Crippen LogP contribution < -0.4 is 5.32 Å². The van der Waals surface area contributed by atoms with Gasteiger partial charge in [0.15, 0.2) is 0 Å². The Morgan fingerprint density at radius 1 is 1.09 bits per heavy atom. The van der Waals surface area contributed by atoms with Crippen molar-refractivity contribution in [2.45, 2.75) is 13.0 Å². The predicted octanol–water partition coefficient (Wildman–Crippen LogP) is 4.22. The number of pyridine rings is 2. The molecular weight excluding hydrogens is 304 g/mol. The summed E-state index contributed by atoms with van der Waals surface area (Å²) in [6, 6.07) is 12.4. The fourth-order valence-corrected chi connectivity index (χ4v) is 3.25. The zero-order valence-corrected chi connectivity index (χ0v) is 13.3. The predicted molar refractivity (Wildman–Crippen MR) is 94.8 cm³/mol. The standard InChI is InChI=1S/C18H16N4S/c1-4-16-14(11-22-18(16)19-7-1)9-13-5-6-17(20-10-13)21-12-15-3-2-8-23-15/h1-8,10-11H,9,12H2,(H,19,22)(H,20,21). The molecule has 5 heteroatoms. The molecule has 4 aromatic heterocycles. The van der Waals surface area contributed by atoms with Gasteiger partial charge in [0.25, 0.3) is 0 Å². The van der Waals surface area contributed by atoms with E-state index in [1.807, 2.05) is 24.5 Å². The fraction of sp³-hybridized carbons (Fsp3) is 0.111. The van der Waals surface area contributed by atoms with Crippen LogP contribution in [0.1, 0.15) is 16.0 Å². The number of H-pyrrole nitrogens is 1. The third-order valence-electron chi connectivity index (χ3n) is 3.78. The molecule has 2 N–H and O–H groups in total. The van der Waals surface area contributed by atoms with E-state index in [0.717, 1.165) is 24.4 Å². The second-order valence-electron chi connectivity index (χ2n) is 5.37. The second-order valence-corrected chi connectivity index (χ2v) is 6.41. The summed E-state index contributed by atoms with van der Waals surface area (Å²) in [4.78, 5) is 13.4. The molecule has 0 saturated carbocycles. The Balaban J connectivity index is 1.45. The van der Waals surface area contributed by atoms with Crippen molar-refractivity contribution in [3.8, 4) is 0 Å². The quantitative estimate of drug-likeness (QED) is 0.579. The summed E-state index contributed by atoms with van der Waals surface area (Å²) < 4.78 is 0. The number of anilines is 1. The molecule has 0 bridgehead atoms. The van der Waals surface area contributed by atoms with Crippen molar-refractivity contribution >= 4 is 28.2 Å².